The second-order valence-corrected chi connectivity index (χ2v) is 4.44. The molecule has 0 aliphatic heterocycles. The lowest BCUT2D eigenvalue weighted by Gasteiger charge is -2.03. The number of carbonyl (C=O) groups is 1. The van der Waals surface area contributed by atoms with E-state index in [4.69, 9.17) is 23.2 Å². The number of hydrogen-bond acceptors (Lipinski definition) is 3. The topological polar surface area (TPSA) is 54.9 Å². The molecule has 2 aromatic rings. The molecule has 1 aromatic heterocycles. The maximum absolute atomic E-state index is 12.7. The molecular weight excluding hydrogens is 304 g/mol. The molecule has 0 saturated heterocycles. The molecule has 2 rings (SSSR count). The predicted octanol–water partition coefficient (Wildman–Crippen LogP) is 3.57. The van der Waals surface area contributed by atoms with E-state index in [1.165, 1.54) is 30.6 Å². The Morgan fingerprint density at radius 3 is 2.60 bits per heavy atom. The lowest BCUT2D eigenvalue weighted by atomic mass is 10.2. The molecule has 0 radical (unpaired) electrons. The Bertz CT molecular complexity index is 659. The van der Waals surface area contributed by atoms with Gasteiger partial charge in [-0.15, -0.1) is 0 Å². The van der Waals surface area contributed by atoms with E-state index >= 15 is 0 Å². The molecule has 0 fully saturated rings. The Balaban J connectivity index is 2.05. The maximum Gasteiger partial charge on any atom is 0.249 e. The quantitative estimate of drug-likeness (QED) is 0.696. The average Bonchev–Trinajstić information content (AvgIpc) is 2.43. The van der Waals surface area contributed by atoms with Crippen molar-refractivity contribution in [2.75, 3.05) is 5.32 Å². The van der Waals surface area contributed by atoms with Crippen LogP contribution in [0.15, 0.2) is 36.7 Å². The van der Waals surface area contributed by atoms with Crippen LogP contribution in [-0.2, 0) is 4.79 Å². The highest BCUT2D eigenvalue weighted by Crippen LogP contribution is 2.25. The van der Waals surface area contributed by atoms with Crippen LogP contribution in [0, 0.1) is 5.82 Å². The zero-order chi connectivity index (χ0) is 14.5. The van der Waals surface area contributed by atoms with Gasteiger partial charge in [0.2, 0.25) is 5.91 Å². The van der Waals surface area contributed by atoms with Crippen LogP contribution in [0.25, 0.3) is 6.08 Å². The molecular formula is C13H8Cl2FN3O. The van der Waals surface area contributed by atoms with E-state index in [9.17, 15) is 9.18 Å². The van der Waals surface area contributed by atoms with Gasteiger partial charge in [-0.1, -0.05) is 35.3 Å². The number of amides is 1. The van der Waals surface area contributed by atoms with Gasteiger partial charge in [-0.05, 0) is 23.8 Å². The molecule has 1 N–H and O–H groups in total. The lowest BCUT2D eigenvalue weighted by molar-refractivity contribution is -0.111. The fourth-order valence-corrected chi connectivity index (χ4v) is 1.62. The first-order valence-corrected chi connectivity index (χ1v) is 6.22. The van der Waals surface area contributed by atoms with Gasteiger partial charge < -0.3 is 5.32 Å². The number of rotatable bonds is 3. The zero-order valence-electron chi connectivity index (χ0n) is 9.98. The van der Waals surface area contributed by atoms with Gasteiger partial charge in [-0.2, -0.15) is 0 Å². The van der Waals surface area contributed by atoms with Gasteiger partial charge in [-0.25, -0.2) is 14.4 Å². The van der Waals surface area contributed by atoms with Crippen molar-refractivity contribution >= 4 is 41.0 Å². The van der Waals surface area contributed by atoms with Crippen LogP contribution < -0.4 is 5.32 Å². The highest BCUT2D eigenvalue weighted by Gasteiger charge is 2.08. The first-order chi connectivity index (χ1) is 9.56. The molecule has 1 aromatic carbocycles. The summed E-state index contributed by atoms with van der Waals surface area (Å²) in [6, 6.07) is 5.71. The lowest BCUT2D eigenvalue weighted by Crippen LogP contribution is -2.10. The Labute approximate surface area is 124 Å². The van der Waals surface area contributed by atoms with E-state index < -0.39 is 5.91 Å². The predicted molar refractivity (Wildman–Crippen MR) is 76.1 cm³/mol. The van der Waals surface area contributed by atoms with Crippen LogP contribution in [-0.4, -0.2) is 15.9 Å². The Kier molecular flexibility index (Phi) is 4.65. The van der Waals surface area contributed by atoms with E-state index in [0.29, 0.717) is 5.56 Å². The summed E-state index contributed by atoms with van der Waals surface area (Å²) in [6.07, 6.45) is 4.00. The third-order valence-corrected chi connectivity index (χ3v) is 3.03. The maximum atomic E-state index is 12.7. The van der Waals surface area contributed by atoms with Crippen LogP contribution in [0.5, 0.6) is 0 Å². The van der Waals surface area contributed by atoms with Crippen LogP contribution in [0.2, 0.25) is 10.2 Å². The van der Waals surface area contributed by atoms with Crippen LogP contribution in [0.3, 0.4) is 0 Å². The van der Waals surface area contributed by atoms with E-state index in [1.54, 1.807) is 12.1 Å². The molecule has 20 heavy (non-hydrogen) atoms. The van der Waals surface area contributed by atoms with Crippen LogP contribution >= 0.6 is 23.2 Å². The Hall–Kier alpha value is -1.98. The van der Waals surface area contributed by atoms with Crippen molar-refractivity contribution in [3.05, 3.63) is 58.2 Å². The molecule has 0 spiro atoms. The van der Waals surface area contributed by atoms with Crippen molar-refractivity contribution in [1.82, 2.24) is 9.97 Å². The number of carbonyl (C=O) groups excluding carboxylic acids is 1. The normalized spacial score (nSPS) is 10.8. The van der Waals surface area contributed by atoms with Gasteiger partial charge >= 0.3 is 0 Å². The number of benzene rings is 1. The smallest absolute Gasteiger partial charge is 0.249 e. The molecule has 0 saturated carbocycles. The van der Waals surface area contributed by atoms with Crippen molar-refractivity contribution in [2.45, 2.75) is 0 Å². The van der Waals surface area contributed by atoms with Crippen molar-refractivity contribution < 1.29 is 9.18 Å². The van der Waals surface area contributed by atoms with E-state index in [2.05, 4.69) is 15.3 Å². The van der Waals surface area contributed by atoms with Gasteiger partial charge in [0.05, 0.1) is 0 Å². The number of nitrogens with one attached hydrogen (secondary N) is 1. The second-order valence-electron chi connectivity index (χ2n) is 3.70. The number of aromatic nitrogens is 2. The fourth-order valence-electron chi connectivity index (χ4n) is 1.34. The molecule has 0 bridgehead atoms. The van der Waals surface area contributed by atoms with Crippen molar-refractivity contribution in [1.29, 1.82) is 0 Å². The summed E-state index contributed by atoms with van der Waals surface area (Å²) in [6.45, 7) is 0. The molecule has 102 valence electrons. The third kappa shape index (κ3) is 3.76. The first-order valence-electron chi connectivity index (χ1n) is 5.47. The zero-order valence-corrected chi connectivity index (χ0v) is 11.5. The number of nitrogens with zero attached hydrogens (tertiary/aromatic N) is 2. The van der Waals surface area contributed by atoms with Gasteiger partial charge in [0, 0.05) is 6.08 Å². The number of anilines is 1. The molecule has 0 aliphatic carbocycles. The third-order valence-electron chi connectivity index (χ3n) is 2.29. The summed E-state index contributed by atoms with van der Waals surface area (Å²) in [4.78, 5) is 19.2. The van der Waals surface area contributed by atoms with Gasteiger partial charge in [-0.3, -0.25) is 4.79 Å². The van der Waals surface area contributed by atoms with Crippen molar-refractivity contribution in [3.8, 4) is 0 Å². The summed E-state index contributed by atoms with van der Waals surface area (Å²) in [5.74, 6) is -0.652. The Morgan fingerprint density at radius 2 is 1.90 bits per heavy atom. The van der Waals surface area contributed by atoms with E-state index in [0.717, 1.165) is 0 Å². The minimum absolute atomic E-state index is 0.0551. The van der Waals surface area contributed by atoms with E-state index in [1.807, 2.05) is 0 Å². The standard InChI is InChI=1S/C13H8Cl2FN3O/c14-11-12(15)17-7-18-13(11)19-10(20)6-3-8-1-4-9(16)5-2-8/h1-7H,(H,17,18,19,20)/b6-3+. The molecule has 1 amide bonds. The largest absolute Gasteiger partial charge is 0.306 e. The number of hydrogen-bond donors (Lipinski definition) is 1. The summed E-state index contributed by atoms with van der Waals surface area (Å²) in [5, 5.41) is 2.59. The first kappa shape index (κ1) is 14.4. The monoisotopic (exact) mass is 311 g/mol. The average molecular weight is 312 g/mol. The van der Waals surface area contributed by atoms with Crippen molar-refractivity contribution in [3.63, 3.8) is 0 Å². The summed E-state index contributed by atoms with van der Waals surface area (Å²) < 4.78 is 12.7. The highest BCUT2D eigenvalue weighted by molar-refractivity contribution is 6.43. The highest BCUT2D eigenvalue weighted by atomic mass is 35.5. The van der Waals surface area contributed by atoms with Crippen LogP contribution in [0.4, 0.5) is 10.2 Å². The summed E-state index contributed by atoms with van der Waals surface area (Å²) in [5.41, 5.74) is 0.688. The molecule has 7 heteroatoms. The molecule has 1 heterocycles. The minimum atomic E-state index is -0.439. The molecule has 0 aliphatic rings. The Morgan fingerprint density at radius 1 is 1.20 bits per heavy atom. The fraction of sp³-hybridized carbons (Fsp3) is 0. The summed E-state index contributed by atoms with van der Waals surface area (Å²) >= 11 is 11.5. The molecule has 4 nitrogen and oxygen atoms in total. The number of halogens is 3. The van der Waals surface area contributed by atoms with Gasteiger partial charge in [0.1, 0.15) is 17.2 Å². The van der Waals surface area contributed by atoms with Gasteiger partial charge in [0.25, 0.3) is 0 Å². The summed E-state index contributed by atoms with van der Waals surface area (Å²) in [7, 11) is 0. The van der Waals surface area contributed by atoms with E-state index in [-0.39, 0.29) is 21.8 Å². The second kappa shape index (κ2) is 6.45. The minimum Gasteiger partial charge on any atom is -0.306 e. The van der Waals surface area contributed by atoms with Crippen LogP contribution in [0.1, 0.15) is 5.56 Å². The van der Waals surface area contributed by atoms with Gasteiger partial charge in [0.15, 0.2) is 11.0 Å². The van der Waals surface area contributed by atoms with Crippen molar-refractivity contribution in [2.24, 2.45) is 0 Å². The SMILES string of the molecule is O=C(/C=C/c1ccc(F)cc1)Nc1ncnc(Cl)c1Cl. The molecule has 0 atom stereocenters. The molecule has 0 unspecified atom stereocenters.